The number of halogens is 1. The molecule has 0 unspecified atom stereocenters. The Hall–Kier alpha value is -1.81. The first-order valence-electron chi connectivity index (χ1n) is 7.12. The van der Waals surface area contributed by atoms with Crippen molar-refractivity contribution in [2.24, 2.45) is 0 Å². The summed E-state index contributed by atoms with van der Waals surface area (Å²) in [6.07, 6.45) is 1.07. The molecule has 21 heavy (non-hydrogen) atoms. The Bertz CT molecular complexity index is 805. The molecule has 0 radical (unpaired) electrons. The molecule has 0 aliphatic carbocycles. The fourth-order valence-corrected chi connectivity index (χ4v) is 3.05. The average Bonchev–Trinajstić information content (AvgIpc) is 2.77. The second-order valence-corrected chi connectivity index (χ2v) is 6.21. The van der Waals surface area contributed by atoms with Gasteiger partial charge in [-0.1, -0.05) is 22.9 Å². The van der Waals surface area contributed by atoms with Crippen molar-refractivity contribution in [2.45, 2.75) is 26.8 Å². The number of anilines is 1. The summed E-state index contributed by atoms with van der Waals surface area (Å²) in [5, 5.41) is 0. The number of nitrogen functional groups attached to an aromatic ring is 1. The van der Waals surface area contributed by atoms with Crippen LogP contribution in [-0.2, 0) is 6.54 Å². The van der Waals surface area contributed by atoms with Gasteiger partial charge in [-0.2, -0.15) is 0 Å². The second kappa shape index (κ2) is 5.53. The first-order valence-corrected chi connectivity index (χ1v) is 7.91. The first-order chi connectivity index (χ1) is 10.1. The van der Waals surface area contributed by atoms with Crippen LogP contribution in [0.1, 0.15) is 18.9 Å². The van der Waals surface area contributed by atoms with Crippen LogP contribution in [0.5, 0.6) is 0 Å². The number of benzene rings is 2. The number of imidazole rings is 1. The molecule has 0 spiro atoms. The Labute approximate surface area is 132 Å². The van der Waals surface area contributed by atoms with Gasteiger partial charge in [0.15, 0.2) is 0 Å². The summed E-state index contributed by atoms with van der Waals surface area (Å²) in [5.41, 5.74) is 11.1. The van der Waals surface area contributed by atoms with Gasteiger partial charge in [-0.15, -0.1) is 0 Å². The summed E-state index contributed by atoms with van der Waals surface area (Å²) in [6.45, 7) is 5.22. The smallest absolute Gasteiger partial charge is 0.141 e. The van der Waals surface area contributed by atoms with Gasteiger partial charge in [0.25, 0.3) is 0 Å². The van der Waals surface area contributed by atoms with E-state index >= 15 is 0 Å². The van der Waals surface area contributed by atoms with Crippen LogP contribution < -0.4 is 5.73 Å². The minimum atomic E-state index is 0.789. The van der Waals surface area contributed by atoms with Gasteiger partial charge in [0, 0.05) is 22.3 Å². The van der Waals surface area contributed by atoms with Crippen molar-refractivity contribution in [3.63, 3.8) is 0 Å². The highest BCUT2D eigenvalue weighted by Gasteiger charge is 2.14. The molecule has 3 nitrogen and oxygen atoms in total. The molecule has 108 valence electrons. The van der Waals surface area contributed by atoms with E-state index in [1.807, 2.05) is 12.1 Å². The van der Waals surface area contributed by atoms with E-state index in [1.165, 1.54) is 5.52 Å². The second-order valence-electron chi connectivity index (χ2n) is 5.29. The van der Waals surface area contributed by atoms with E-state index in [1.54, 1.807) is 0 Å². The Balaban J connectivity index is 2.27. The molecule has 2 N–H and O–H groups in total. The van der Waals surface area contributed by atoms with Gasteiger partial charge in [0.05, 0.1) is 11.0 Å². The zero-order chi connectivity index (χ0) is 15.0. The van der Waals surface area contributed by atoms with Gasteiger partial charge < -0.3 is 10.3 Å². The maximum Gasteiger partial charge on any atom is 0.141 e. The predicted octanol–water partition coefficient (Wildman–Crippen LogP) is 4.77. The van der Waals surface area contributed by atoms with E-state index in [9.17, 15) is 0 Å². The zero-order valence-corrected chi connectivity index (χ0v) is 13.8. The number of aromatic nitrogens is 2. The minimum absolute atomic E-state index is 0.789. The van der Waals surface area contributed by atoms with E-state index in [2.05, 4.69) is 58.6 Å². The topological polar surface area (TPSA) is 43.8 Å². The number of hydrogen-bond donors (Lipinski definition) is 1. The Kier molecular flexibility index (Phi) is 3.72. The lowest BCUT2D eigenvalue weighted by Crippen LogP contribution is -2.01. The Morgan fingerprint density at radius 3 is 2.71 bits per heavy atom. The van der Waals surface area contributed by atoms with Crippen molar-refractivity contribution in [1.29, 1.82) is 0 Å². The van der Waals surface area contributed by atoms with Crippen molar-refractivity contribution < 1.29 is 0 Å². The van der Waals surface area contributed by atoms with Gasteiger partial charge in [-0.05, 0) is 55.3 Å². The van der Waals surface area contributed by atoms with E-state index < -0.39 is 0 Å². The number of hydrogen-bond acceptors (Lipinski definition) is 2. The van der Waals surface area contributed by atoms with Crippen molar-refractivity contribution in [3.8, 4) is 11.4 Å². The number of nitrogens with zero attached hydrogens (tertiary/aromatic N) is 2. The third-order valence-corrected chi connectivity index (χ3v) is 4.14. The molecule has 0 saturated carbocycles. The molecule has 0 aliphatic heterocycles. The fourth-order valence-electron chi connectivity index (χ4n) is 2.70. The molecule has 1 aromatic heterocycles. The first kappa shape index (κ1) is 14.1. The molecule has 0 bridgehead atoms. The largest absolute Gasteiger partial charge is 0.399 e. The molecule has 0 fully saturated rings. The summed E-state index contributed by atoms with van der Waals surface area (Å²) in [7, 11) is 0. The van der Waals surface area contributed by atoms with Crippen LogP contribution >= 0.6 is 15.9 Å². The molecule has 1 heterocycles. The lowest BCUT2D eigenvalue weighted by molar-refractivity contribution is 0.704. The molecular weight excluding hydrogens is 326 g/mol. The average molecular weight is 344 g/mol. The summed E-state index contributed by atoms with van der Waals surface area (Å²) in [6, 6.07) is 12.3. The molecule has 3 aromatic rings. The van der Waals surface area contributed by atoms with Gasteiger partial charge in [0.1, 0.15) is 5.82 Å². The van der Waals surface area contributed by atoms with Crippen LogP contribution in [0.3, 0.4) is 0 Å². The number of aryl methyl sites for hydroxylation is 2. The van der Waals surface area contributed by atoms with Gasteiger partial charge >= 0.3 is 0 Å². The Morgan fingerprint density at radius 2 is 2.00 bits per heavy atom. The number of nitrogens with two attached hydrogens (primary N) is 1. The highest BCUT2D eigenvalue weighted by atomic mass is 79.9. The molecule has 4 heteroatoms. The summed E-state index contributed by atoms with van der Waals surface area (Å²) in [4.78, 5) is 4.85. The summed E-state index contributed by atoms with van der Waals surface area (Å²) in [5.74, 6) is 1.02. The van der Waals surface area contributed by atoms with Crippen LogP contribution in [0, 0.1) is 6.92 Å². The zero-order valence-electron chi connectivity index (χ0n) is 12.2. The van der Waals surface area contributed by atoms with E-state index in [-0.39, 0.29) is 0 Å². The lowest BCUT2D eigenvalue weighted by Gasteiger charge is -2.10. The quantitative estimate of drug-likeness (QED) is 0.696. The van der Waals surface area contributed by atoms with Crippen molar-refractivity contribution in [1.82, 2.24) is 9.55 Å². The molecule has 0 aliphatic rings. The molecule has 0 saturated heterocycles. The fraction of sp³-hybridized carbons (Fsp3) is 0.235. The van der Waals surface area contributed by atoms with Crippen LogP contribution in [0.15, 0.2) is 40.9 Å². The summed E-state index contributed by atoms with van der Waals surface area (Å²) >= 11 is 3.52. The highest BCUT2D eigenvalue weighted by Crippen LogP contribution is 2.30. The third-order valence-electron chi connectivity index (χ3n) is 3.65. The van der Waals surface area contributed by atoms with Gasteiger partial charge in [-0.25, -0.2) is 4.98 Å². The lowest BCUT2D eigenvalue weighted by atomic mass is 10.1. The SMILES string of the molecule is CCCn1c(-c2ccc(N)cc2C)nc2cc(Br)ccc21. The molecule has 3 rings (SSSR count). The highest BCUT2D eigenvalue weighted by molar-refractivity contribution is 9.10. The molecule has 2 aromatic carbocycles. The van der Waals surface area contributed by atoms with Crippen molar-refractivity contribution in [3.05, 3.63) is 46.4 Å². The predicted molar refractivity (Wildman–Crippen MR) is 92.3 cm³/mol. The van der Waals surface area contributed by atoms with Crippen LogP contribution in [0.4, 0.5) is 5.69 Å². The van der Waals surface area contributed by atoms with Gasteiger partial charge in [0.2, 0.25) is 0 Å². The monoisotopic (exact) mass is 343 g/mol. The maximum absolute atomic E-state index is 5.86. The van der Waals surface area contributed by atoms with Gasteiger partial charge in [-0.3, -0.25) is 0 Å². The van der Waals surface area contributed by atoms with Crippen LogP contribution in [0.2, 0.25) is 0 Å². The molecule has 0 amide bonds. The maximum atomic E-state index is 5.86. The molecular formula is C17H18BrN3. The number of rotatable bonds is 3. The van der Waals surface area contributed by atoms with E-state index in [4.69, 9.17) is 10.7 Å². The minimum Gasteiger partial charge on any atom is -0.399 e. The van der Waals surface area contributed by atoms with Crippen LogP contribution in [0.25, 0.3) is 22.4 Å². The van der Waals surface area contributed by atoms with E-state index in [0.717, 1.165) is 45.6 Å². The Morgan fingerprint density at radius 1 is 1.19 bits per heavy atom. The van der Waals surface area contributed by atoms with Crippen molar-refractivity contribution >= 4 is 32.7 Å². The van der Waals surface area contributed by atoms with E-state index in [0.29, 0.717) is 0 Å². The van der Waals surface area contributed by atoms with Crippen molar-refractivity contribution in [2.75, 3.05) is 5.73 Å². The third kappa shape index (κ3) is 2.56. The van der Waals surface area contributed by atoms with Crippen LogP contribution in [-0.4, -0.2) is 9.55 Å². The normalized spacial score (nSPS) is 11.2. The molecule has 0 atom stereocenters. The number of fused-ring (bicyclic) bond motifs is 1. The summed E-state index contributed by atoms with van der Waals surface area (Å²) < 4.78 is 3.34. The standard InChI is InChI=1S/C17H18BrN3/c1-3-8-21-16-7-4-12(18)10-15(16)20-17(21)14-6-5-13(19)9-11(14)2/h4-7,9-10H,3,8,19H2,1-2H3.